The van der Waals surface area contributed by atoms with Gasteiger partial charge in [0.25, 0.3) is 0 Å². The predicted octanol–water partition coefficient (Wildman–Crippen LogP) is 4.56. The molecule has 1 aromatic carbocycles. The van der Waals surface area contributed by atoms with Crippen LogP contribution in [0.5, 0.6) is 0 Å². The standard InChI is InChI=1S/C17H20O/c1-17(2,3)15-10-9-13(11-15)12-16(18)14-7-5-4-6-8-14/h4-8,10-11H,9,12H2,1-3H3. The van der Waals surface area contributed by atoms with Crippen LogP contribution in [0.25, 0.3) is 0 Å². The van der Waals surface area contributed by atoms with E-state index in [2.05, 4.69) is 32.9 Å². The lowest BCUT2D eigenvalue weighted by Crippen LogP contribution is -2.06. The fourth-order valence-electron chi connectivity index (χ4n) is 2.16. The number of carbonyl (C=O) groups is 1. The Bertz CT molecular complexity index is 498. The third-order valence-corrected chi connectivity index (χ3v) is 3.29. The van der Waals surface area contributed by atoms with Crippen molar-refractivity contribution in [1.29, 1.82) is 0 Å². The molecule has 1 aliphatic carbocycles. The Morgan fingerprint density at radius 3 is 2.39 bits per heavy atom. The molecule has 1 aromatic rings. The van der Waals surface area contributed by atoms with Crippen molar-refractivity contribution >= 4 is 5.78 Å². The maximum Gasteiger partial charge on any atom is 0.166 e. The highest BCUT2D eigenvalue weighted by Crippen LogP contribution is 2.33. The third-order valence-electron chi connectivity index (χ3n) is 3.29. The van der Waals surface area contributed by atoms with Crippen molar-refractivity contribution in [2.24, 2.45) is 5.41 Å². The highest BCUT2D eigenvalue weighted by atomic mass is 16.1. The van der Waals surface area contributed by atoms with Gasteiger partial charge in [0.1, 0.15) is 0 Å². The molecule has 0 heterocycles. The molecule has 94 valence electrons. The van der Waals surface area contributed by atoms with E-state index in [0.717, 1.165) is 12.0 Å². The van der Waals surface area contributed by atoms with E-state index >= 15 is 0 Å². The fourth-order valence-corrected chi connectivity index (χ4v) is 2.16. The molecule has 1 nitrogen and oxygen atoms in total. The molecular formula is C17H20O. The summed E-state index contributed by atoms with van der Waals surface area (Å²) in [5.74, 6) is 0.213. The van der Waals surface area contributed by atoms with Gasteiger partial charge in [-0.15, -0.1) is 0 Å². The number of allylic oxidation sites excluding steroid dienone is 4. The van der Waals surface area contributed by atoms with Gasteiger partial charge in [0, 0.05) is 12.0 Å². The van der Waals surface area contributed by atoms with Crippen LogP contribution in [0, 0.1) is 5.41 Å². The molecule has 0 amide bonds. The van der Waals surface area contributed by atoms with Crippen LogP contribution >= 0.6 is 0 Å². The molecule has 0 atom stereocenters. The number of Topliss-reactive ketones (excluding diaryl/α,β-unsaturated/α-hetero) is 1. The number of carbonyl (C=O) groups excluding carboxylic acids is 1. The maximum absolute atomic E-state index is 12.1. The van der Waals surface area contributed by atoms with Gasteiger partial charge in [-0.1, -0.05) is 68.8 Å². The van der Waals surface area contributed by atoms with Gasteiger partial charge in [-0.3, -0.25) is 4.79 Å². The molecule has 0 aliphatic heterocycles. The average Bonchev–Trinajstić information content (AvgIpc) is 2.78. The van der Waals surface area contributed by atoms with Gasteiger partial charge < -0.3 is 0 Å². The minimum absolute atomic E-state index is 0.178. The van der Waals surface area contributed by atoms with E-state index < -0.39 is 0 Å². The minimum Gasteiger partial charge on any atom is -0.294 e. The summed E-state index contributed by atoms with van der Waals surface area (Å²) in [6, 6.07) is 9.53. The van der Waals surface area contributed by atoms with E-state index in [1.54, 1.807) is 0 Å². The summed E-state index contributed by atoms with van der Waals surface area (Å²) in [4.78, 5) is 12.1. The van der Waals surface area contributed by atoms with E-state index in [1.807, 2.05) is 30.3 Å². The van der Waals surface area contributed by atoms with Crippen LogP contribution in [0.1, 0.15) is 44.0 Å². The summed E-state index contributed by atoms with van der Waals surface area (Å²) in [6.45, 7) is 6.62. The van der Waals surface area contributed by atoms with Crippen molar-refractivity contribution in [1.82, 2.24) is 0 Å². The van der Waals surface area contributed by atoms with Crippen molar-refractivity contribution in [2.75, 3.05) is 0 Å². The molecule has 0 unspecified atom stereocenters. The second-order valence-electron chi connectivity index (χ2n) is 5.88. The van der Waals surface area contributed by atoms with Gasteiger partial charge in [0.2, 0.25) is 0 Å². The zero-order valence-corrected chi connectivity index (χ0v) is 11.4. The lowest BCUT2D eigenvalue weighted by Gasteiger charge is -2.18. The zero-order valence-electron chi connectivity index (χ0n) is 11.4. The summed E-state index contributed by atoms with van der Waals surface area (Å²) in [7, 11) is 0. The van der Waals surface area contributed by atoms with Crippen molar-refractivity contribution < 1.29 is 4.79 Å². The number of benzene rings is 1. The number of rotatable bonds is 3. The van der Waals surface area contributed by atoms with Crippen molar-refractivity contribution in [3.63, 3.8) is 0 Å². The average molecular weight is 240 g/mol. The zero-order chi connectivity index (χ0) is 13.2. The van der Waals surface area contributed by atoms with E-state index in [9.17, 15) is 4.79 Å². The molecule has 0 spiro atoms. The Hall–Kier alpha value is -1.63. The molecule has 0 N–H and O–H groups in total. The molecule has 1 heteroatoms. The first-order valence-corrected chi connectivity index (χ1v) is 6.45. The SMILES string of the molecule is CC(C)(C)C1=CCC(CC(=O)c2ccccc2)=C1. The Kier molecular flexibility index (Phi) is 3.51. The molecule has 18 heavy (non-hydrogen) atoms. The number of ketones is 1. The molecule has 0 bridgehead atoms. The smallest absolute Gasteiger partial charge is 0.166 e. The van der Waals surface area contributed by atoms with E-state index in [0.29, 0.717) is 6.42 Å². The Morgan fingerprint density at radius 1 is 1.17 bits per heavy atom. The highest BCUT2D eigenvalue weighted by molar-refractivity contribution is 5.97. The van der Waals surface area contributed by atoms with Crippen LogP contribution in [0.2, 0.25) is 0 Å². The second-order valence-corrected chi connectivity index (χ2v) is 5.88. The lowest BCUT2D eigenvalue weighted by atomic mass is 9.87. The number of hydrogen-bond donors (Lipinski definition) is 0. The normalized spacial score (nSPS) is 15.3. The Labute approximate surface area is 109 Å². The first-order valence-electron chi connectivity index (χ1n) is 6.45. The first kappa shape index (κ1) is 12.8. The fraction of sp³-hybridized carbons (Fsp3) is 0.353. The van der Waals surface area contributed by atoms with Crippen molar-refractivity contribution in [3.05, 3.63) is 59.2 Å². The minimum atomic E-state index is 0.178. The largest absolute Gasteiger partial charge is 0.294 e. The van der Waals surface area contributed by atoms with Crippen LogP contribution in [0.15, 0.2) is 53.6 Å². The van der Waals surface area contributed by atoms with Crippen molar-refractivity contribution in [2.45, 2.75) is 33.6 Å². The molecular weight excluding hydrogens is 220 g/mol. The monoisotopic (exact) mass is 240 g/mol. The van der Waals surface area contributed by atoms with Gasteiger partial charge in [0.05, 0.1) is 0 Å². The summed E-state index contributed by atoms with van der Waals surface area (Å²) >= 11 is 0. The van der Waals surface area contributed by atoms with Gasteiger partial charge in [-0.05, 0) is 17.4 Å². The van der Waals surface area contributed by atoms with Crippen LogP contribution in [0.3, 0.4) is 0 Å². The molecule has 0 saturated carbocycles. The van der Waals surface area contributed by atoms with Gasteiger partial charge in [-0.25, -0.2) is 0 Å². The first-order chi connectivity index (χ1) is 8.47. The topological polar surface area (TPSA) is 17.1 Å². The van der Waals surface area contributed by atoms with E-state index in [1.165, 1.54) is 11.1 Å². The second kappa shape index (κ2) is 4.93. The molecule has 0 fully saturated rings. The number of hydrogen-bond acceptors (Lipinski definition) is 1. The summed E-state index contributed by atoms with van der Waals surface area (Å²) in [6.07, 6.45) is 5.90. The quantitative estimate of drug-likeness (QED) is 0.708. The van der Waals surface area contributed by atoms with E-state index in [-0.39, 0.29) is 11.2 Å². The molecule has 0 radical (unpaired) electrons. The molecule has 2 rings (SSSR count). The van der Waals surface area contributed by atoms with Crippen LogP contribution < -0.4 is 0 Å². The van der Waals surface area contributed by atoms with Gasteiger partial charge in [-0.2, -0.15) is 0 Å². The van der Waals surface area contributed by atoms with Crippen LogP contribution in [0.4, 0.5) is 0 Å². The van der Waals surface area contributed by atoms with Crippen LogP contribution in [-0.4, -0.2) is 5.78 Å². The molecule has 0 saturated heterocycles. The third kappa shape index (κ3) is 2.98. The van der Waals surface area contributed by atoms with Gasteiger partial charge in [0.15, 0.2) is 5.78 Å². The molecule has 0 aromatic heterocycles. The van der Waals surface area contributed by atoms with Crippen LogP contribution in [-0.2, 0) is 0 Å². The van der Waals surface area contributed by atoms with Gasteiger partial charge >= 0.3 is 0 Å². The Morgan fingerprint density at radius 2 is 1.83 bits per heavy atom. The Balaban J connectivity index is 2.03. The predicted molar refractivity (Wildman–Crippen MR) is 75.6 cm³/mol. The summed E-state index contributed by atoms with van der Waals surface area (Å²) in [5, 5.41) is 0. The van der Waals surface area contributed by atoms with E-state index in [4.69, 9.17) is 0 Å². The molecule has 1 aliphatic rings. The summed E-state index contributed by atoms with van der Waals surface area (Å²) < 4.78 is 0. The van der Waals surface area contributed by atoms with Crippen molar-refractivity contribution in [3.8, 4) is 0 Å². The summed E-state index contributed by atoms with van der Waals surface area (Å²) in [5.41, 5.74) is 3.56. The maximum atomic E-state index is 12.1. The lowest BCUT2D eigenvalue weighted by molar-refractivity contribution is 0.0992. The highest BCUT2D eigenvalue weighted by Gasteiger charge is 2.20.